The summed E-state index contributed by atoms with van der Waals surface area (Å²) in [6.07, 6.45) is 7.26. The third kappa shape index (κ3) is 4.12. The number of guanidine groups is 1. The molecule has 4 rings (SSSR count). The van der Waals surface area contributed by atoms with Gasteiger partial charge in [0.2, 0.25) is 5.88 Å². The molecule has 1 aliphatic heterocycles. The Morgan fingerprint density at radius 2 is 2.06 bits per heavy atom. The number of halogens is 1. The van der Waals surface area contributed by atoms with Gasteiger partial charge in [-0.05, 0) is 36.3 Å². The van der Waals surface area contributed by atoms with Gasteiger partial charge in [0, 0.05) is 25.2 Å². The molecule has 1 aromatic carbocycles. The van der Waals surface area contributed by atoms with Crippen LogP contribution in [-0.2, 0) is 24.6 Å². The molecule has 1 aliphatic carbocycles. The van der Waals surface area contributed by atoms with E-state index in [2.05, 4.69) is 15.0 Å². The number of nitrogens with two attached hydrogens (primary N) is 1. The van der Waals surface area contributed by atoms with Crippen molar-refractivity contribution in [2.45, 2.75) is 12.0 Å². The minimum Gasteiger partial charge on any atom is -0.481 e. The van der Waals surface area contributed by atoms with Crippen LogP contribution in [0.15, 0.2) is 59.4 Å². The van der Waals surface area contributed by atoms with Crippen LogP contribution in [0.1, 0.15) is 12.0 Å². The van der Waals surface area contributed by atoms with Crippen molar-refractivity contribution in [3.8, 4) is 17.3 Å². The van der Waals surface area contributed by atoms with E-state index < -0.39 is 33.3 Å². The van der Waals surface area contributed by atoms with E-state index in [4.69, 9.17) is 14.7 Å². The maximum atomic E-state index is 14.8. The highest BCUT2D eigenvalue weighted by Gasteiger charge is 2.53. The number of allylic oxidation sites excluding steroid dienone is 2. The Hall–Kier alpha value is -3.80. The summed E-state index contributed by atoms with van der Waals surface area (Å²) in [5.74, 6) is -1.09. The SMILES string of the molecule is COc1ccnc(-c2cc(C3(C4C=CC(OS(C)(=O)=O)=CC4)N=C(N)N(C)C3=O)ccc2F)n1. The van der Waals surface area contributed by atoms with Gasteiger partial charge in [0.15, 0.2) is 17.3 Å². The molecule has 12 heteroatoms. The lowest BCUT2D eigenvalue weighted by atomic mass is 9.74. The Labute approximate surface area is 195 Å². The molecule has 2 unspecified atom stereocenters. The number of rotatable bonds is 6. The van der Waals surface area contributed by atoms with Crippen molar-refractivity contribution in [3.05, 3.63) is 65.8 Å². The second kappa shape index (κ2) is 8.52. The van der Waals surface area contributed by atoms with Gasteiger partial charge in [-0.1, -0.05) is 12.1 Å². The second-order valence-electron chi connectivity index (χ2n) is 7.81. The largest absolute Gasteiger partial charge is 0.481 e. The van der Waals surface area contributed by atoms with Gasteiger partial charge in [-0.3, -0.25) is 9.69 Å². The molecule has 0 spiro atoms. The van der Waals surface area contributed by atoms with Gasteiger partial charge in [-0.25, -0.2) is 14.4 Å². The molecule has 0 saturated heterocycles. The predicted octanol–water partition coefficient (Wildman–Crippen LogP) is 1.71. The standard InChI is InChI=1S/C22H22FN5O5S/c1-28-20(29)22(27-21(28)24,13-4-7-15(8-5-13)33-34(3,30)31)14-6-9-17(23)16(12-14)19-25-11-10-18(26-19)32-2/h4,6-13H,5H2,1-3H3,(H2,24,27). The van der Waals surface area contributed by atoms with Gasteiger partial charge < -0.3 is 14.7 Å². The van der Waals surface area contributed by atoms with Gasteiger partial charge in [0.05, 0.1) is 18.9 Å². The number of carbonyl (C=O) groups is 1. The fourth-order valence-electron chi connectivity index (χ4n) is 3.97. The van der Waals surface area contributed by atoms with E-state index >= 15 is 0 Å². The molecule has 2 aliphatic rings. The number of benzene rings is 1. The number of methoxy groups -OCH3 is 1. The van der Waals surface area contributed by atoms with Gasteiger partial charge in [0.25, 0.3) is 5.91 Å². The number of likely N-dealkylation sites (N-methyl/N-ethyl adjacent to an activating group) is 1. The van der Waals surface area contributed by atoms with E-state index in [0.29, 0.717) is 5.56 Å². The van der Waals surface area contributed by atoms with Crippen LogP contribution in [0, 0.1) is 11.7 Å². The topological polar surface area (TPSA) is 137 Å². The number of amides is 1. The lowest BCUT2D eigenvalue weighted by Gasteiger charge is -2.33. The van der Waals surface area contributed by atoms with Gasteiger partial charge in [-0.15, -0.1) is 0 Å². The first-order valence-corrected chi connectivity index (χ1v) is 12.0. The average molecular weight is 488 g/mol. The first kappa shape index (κ1) is 23.4. The maximum Gasteiger partial charge on any atom is 0.306 e. The lowest BCUT2D eigenvalue weighted by molar-refractivity contribution is -0.132. The highest BCUT2D eigenvalue weighted by molar-refractivity contribution is 7.86. The Morgan fingerprint density at radius 3 is 2.65 bits per heavy atom. The third-order valence-electron chi connectivity index (χ3n) is 5.60. The monoisotopic (exact) mass is 487 g/mol. The van der Waals surface area contributed by atoms with Crippen molar-refractivity contribution in [3.63, 3.8) is 0 Å². The Kier molecular flexibility index (Phi) is 5.86. The molecule has 0 radical (unpaired) electrons. The zero-order valence-corrected chi connectivity index (χ0v) is 19.4. The molecule has 1 aromatic heterocycles. The second-order valence-corrected chi connectivity index (χ2v) is 9.39. The molecule has 2 heterocycles. The zero-order valence-electron chi connectivity index (χ0n) is 18.6. The number of nitrogens with zero attached hydrogens (tertiary/aromatic N) is 4. The minimum atomic E-state index is -3.71. The predicted molar refractivity (Wildman–Crippen MR) is 121 cm³/mol. The minimum absolute atomic E-state index is 0.00377. The lowest BCUT2D eigenvalue weighted by Crippen LogP contribution is -2.44. The molecule has 2 aromatic rings. The summed E-state index contributed by atoms with van der Waals surface area (Å²) in [7, 11) is -0.778. The maximum absolute atomic E-state index is 14.8. The molecule has 10 nitrogen and oxygen atoms in total. The highest BCUT2D eigenvalue weighted by atomic mass is 32.2. The van der Waals surface area contributed by atoms with Gasteiger partial charge in [0.1, 0.15) is 11.6 Å². The van der Waals surface area contributed by atoms with E-state index in [1.54, 1.807) is 12.2 Å². The van der Waals surface area contributed by atoms with Crippen LogP contribution in [0.3, 0.4) is 0 Å². The van der Waals surface area contributed by atoms with Crippen molar-refractivity contribution in [2.75, 3.05) is 20.4 Å². The number of aliphatic imine (C=N–C) groups is 1. The number of aromatic nitrogens is 2. The van der Waals surface area contributed by atoms with Crippen LogP contribution in [-0.4, -0.2) is 55.6 Å². The summed E-state index contributed by atoms with van der Waals surface area (Å²) in [6.45, 7) is 0. The molecule has 1 amide bonds. The van der Waals surface area contributed by atoms with E-state index in [9.17, 15) is 17.6 Å². The first-order chi connectivity index (χ1) is 16.0. The average Bonchev–Trinajstić information content (AvgIpc) is 3.03. The summed E-state index contributed by atoms with van der Waals surface area (Å²) < 4.78 is 47.8. The molecule has 0 saturated carbocycles. The van der Waals surface area contributed by atoms with Gasteiger partial charge in [-0.2, -0.15) is 13.4 Å². The summed E-state index contributed by atoms with van der Waals surface area (Å²) in [4.78, 5) is 27.6. The number of hydrogen-bond acceptors (Lipinski definition) is 9. The molecular formula is C22H22FN5O5S. The smallest absolute Gasteiger partial charge is 0.306 e. The van der Waals surface area contributed by atoms with Crippen LogP contribution in [0.25, 0.3) is 11.4 Å². The Balaban J connectivity index is 1.81. The summed E-state index contributed by atoms with van der Waals surface area (Å²) in [5.41, 5.74) is 4.94. The quantitative estimate of drug-likeness (QED) is 0.608. The third-order valence-corrected chi connectivity index (χ3v) is 6.10. The molecular weight excluding hydrogens is 465 g/mol. The highest BCUT2D eigenvalue weighted by Crippen LogP contribution is 2.44. The summed E-state index contributed by atoms with van der Waals surface area (Å²) in [6, 6.07) is 5.68. The van der Waals surface area contributed by atoms with Crippen molar-refractivity contribution in [1.29, 1.82) is 0 Å². The van der Waals surface area contributed by atoms with Crippen LogP contribution in [0.5, 0.6) is 5.88 Å². The van der Waals surface area contributed by atoms with E-state index in [1.165, 1.54) is 55.6 Å². The molecule has 0 fully saturated rings. The normalized spacial score (nSPS) is 22.4. The van der Waals surface area contributed by atoms with Crippen molar-refractivity contribution >= 4 is 22.0 Å². The molecule has 2 N–H and O–H groups in total. The molecule has 178 valence electrons. The Morgan fingerprint density at radius 1 is 1.29 bits per heavy atom. The Bertz CT molecular complexity index is 1360. The number of hydrogen-bond donors (Lipinski definition) is 1. The number of ether oxygens (including phenoxy) is 1. The van der Waals surface area contributed by atoms with E-state index in [1.807, 2.05) is 0 Å². The number of carbonyl (C=O) groups excluding carboxylic acids is 1. The van der Waals surface area contributed by atoms with Crippen LogP contribution in [0.4, 0.5) is 4.39 Å². The van der Waals surface area contributed by atoms with Crippen molar-refractivity contribution < 1.29 is 26.5 Å². The van der Waals surface area contributed by atoms with Crippen molar-refractivity contribution in [2.24, 2.45) is 16.6 Å². The molecule has 0 bridgehead atoms. The van der Waals surface area contributed by atoms with Crippen LogP contribution < -0.4 is 10.5 Å². The zero-order chi connectivity index (χ0) is 24.7. The van der Waals surface area contributed by atoms with Crippen LogP contribution in [0.2, 0.25) is 0 Å². The van der Waals surface area contributed by atoms with E-state index in [0.717, 1.165) is 6.26 Å². The first-order valence-electron chi connectivity index (χ1n) is 10.1. The fraction of sp³-hybridized carbons (Fsp3) is 0.273. The van der Waals surface area contributed by atoms with Crippen LogP contribution >= 0.6 is 0 Å². The van der Waals surface area contributed by atoms with Gasteiger partial charge >= 0.3 is 10.1 Å². The van der Waals surface area contributed by atoms with Crippen molar-refractivity contribution in [1.82, 2.24) is 14.9 Å². The summed E-state index contributed by atoms with van der Waals surface area (Å²) >= 11 is 0. The summed E-state index contributed by atoms with van der Waals surface area (Å²) in [5, 5.41) is 0. The van der Waals surface area contributed by atoms with E-state index in [-0.39, 0.29) is 35.4 Å². The molecule has 2 atom stereocenters. The fourth-order valence-corrected chi connectivity index (χ4v) is 4.45. The molecule has 34 heavy (non-hydrogen) atoms.